The normalized spacial score (nSPS) is 13.4. The van der Waals surface area contributed by atoms with Gasteiger partial charge in [0.05, 0.1) is 23.0 Å². The molecule has 25 heavy (non-hydrogen) atoms. The summed E-state index contributed by atoms with van der Waals surface area (Å²) >= 11 is 11.9. The fourth-order valence-electron chi connectivity index (χ4n) is 2.47. The molecule has 130 valence electrons. The van der Waals surface area contributed by atoms with Gasteiger partial charge >= 0.3 is 5.97 Å². The second-order valence-electron chi connectivity index (χ2n) is 5.36. The van der Waals surface area contributed by atoms with Gasteiger partial charge in [-0.2, -0.15) is 0 Å². The average molecular weight is 382 g/mol. The average Bonchev–Trinajstić information content (AvgIpc) is 3.01. The summed E-state index contributed by atoms with van der Waals surface area (Å²) in [5.74, 6) is -0.465. The number of ether oxygens (including phenoxy) is 2. The van der Waals surface area contributed by atoms with Gasteiger partial charge in [-0.1, -0.05) is 29.3 Å². The number of halogens is 2. The topological polar surface area (TPSA) is 84.9 Å². The van der Waals surface area contributed by atoms with Crippen LogP contribution in [0.2, 0.25) is 10.0 Å². The summed E-state index contributed by atoms with van der Waals surface area (Å²) in [5, 5.41) is 12.4. The Morgan fingerprint density at radius 3 is 2.60 bits per heavy atom. The molecule has 2 aromatic rings. The number of rotatable bonds is 5. The lowest BCUT2D eigenvalue weighted by Gasteiger charge is -2.18. The van der Waals surface area contributed by atoms with Crippen LogP contribution in [0.3, 0.4) is 0 Å². The van der Waals surface area contributed by atoms with E-state index in [2.05, 4.69) is 5.32 Å². The van der Waals surface area contributed by atoms with Crippen molar-refractivity contribution >= 4 is 35.1 Å². The molecule has 8 heteroatoms. The number of carbonyl (C=O) groups is 2. The van der Waals surface area contributed by atoms with Gasteiger partial charge in [-0.05, 0) is 35.9 Å². The minimum Gasteiger partial charge on any atom is -0.481 e. The highest BCUT2D eigenvalue weighted by molar-refractivity contribution is 6.36. The number of carboxylic acid groups (broad SMARTS) is 1. The quantitative estimate of drug-likeness (QED) is 0.825. The lowest BCUT2D eigenvalue weighted by Crippen LogP contribution is -2.30. The molecule has 0 spiro atoms. The number of carboxylic acids is 1. The first-order valence-electron chi connectivity index (χ1n) is 7.31. The summed E-state index contributed by atoms with van der Waals surface area (Å²) in [6.45, 7) is 0.106. The van der Waals surface area contributed by atoms with E-state index in [0.29, 0.717) is 22.1 Å². The van der Waals surface area contributed by atoms with Crippen LogP contribution >= 0.6 is 23.2 Å². The van der Waals surface area contributed by atoms with Crippen LogP contribution in [-0.4, -0.2) is 23.8 Å². The molecule has 0 saturated heterocycles. The molecule has 2 N–H and O–H groups in total. The Labute approximate surface area is 153 Å². The first-order valence-corrected chi connectivity index (χ1v) is 8.07. The first kappa shape index (κ1) is 17.4. The summed E-state index contributed by atoms with van der Waals surface area (Å²) in [5.41, 5.74) is 0.798. The van der Waals surface area contributed by atoms with Crippen molar-refractivity contribution in [1.82, 2.24) is 5.32 Å². The fraction of sp³-hybridized carbons (Fsp3) is 0.176. The van der Waals surface area contributed by atoms with E-state index in [1.165, 1.54) is 18.2 Å². The minimum atomic E-state index is -1.05. The summed E-state index contributed by atoms with van der Waals surface area (Å²) < 4.78 is 10.5. The van der Waals surface area contributed by atoms with E-state index < -0.39 is 17.9 Å². The molecule has 1 amide bonds. The van der Waals surface area contributed by atoms with Crippen LogP contribution in [0.5, 0.6) is 11.5 Å². The molecule has 1 unspecified atom stereocenters. The van der Waals surface area contributed by atoms with Crippen LogP contribution in [0, 0.1) is 0 Å². The molecule has 2 aromatic carbocycles. The highest BCUT2D eigenvalue weighted by atomic mass is 35.5. The predicted molar refractivity (Wildman–Crippen MR) is 91.5 cm³/mol. The van der Waals surface area contributed by atoms with E-state index in [1.807, 2.05) is 0 Å². The lowest BCUT2D eigenvalue weighted by atomic mass is 10.0. The largest absolute Gasteiger partial charge is 0.481 e. The van der Waals surface area contributed by atoms with Crippen molar-refractivity contribution in [1.29, 1.82) is 0 Å². The van der Waals surface area contributed by atoms with Crippen molar-refractivity contribution in [3.05, 3.63) is 57.6 Å². The monoisotopic (exact) mass is 381 g/mol. The Morgan fingerprint density at radius 1 is 1.12 bits per heavy atom. The molecular formula is C17H13Cl2NO5. The van der Waals surface area contributed by atoms with Crippen LogP contribution < -0.4 is 14.8 Å². The Kier molecular flexibility index (Phi) is 5.01. The van der Waals surface area contributed by atoms with Crippen molar-refractivity contribution in [3.63, 3.8) is 0 Å². The van der Waals surface area contributed by atoms with Crippen LogP contribution in [0.1, 0.15) is 28.4 Å². The van der Waals surface area contributed by atoms with E-state index in [4.69, 9.17) is 37.8 Å². The van der Waals surface area contributed by atoms with Gasteiger partial charge < -0.3 is 19.9 Å². The predicted octanol–water partition coefficient (Wildman–Crippen LogP) is 3.67. The van der Waals surface area contributed by atoms with Gasteiger partial charge in [0.15, 0.2) is 11.5 Å². The van der Waals surface area contributed by atoms with Crippen LogP contribution in [-0.2, 0) is 4.79 Å². The second kappa shape index (κ2) is 7.21. The first-order chi connectivity index (χ1) is 11.9. The van der Waals surface area contributed by atoms with Crippen molar-refractivity contribution in [2.75, 3.05) is 6.79 Å². The van der Waals surface area contributed by atoms with Crippen molar-refractivity contribution in [2.45, 2.75) is 12.5 Å². The van der Waals surface area contributed by atoms with E-state index in [0.717, 1.165) is 0 Å². The maximum Gasteiger partial charge on any atom is 0.305 e. The van der Waals surface area contributed by atoms with Gasteiger partial charge in [0.2, 0.25) is 6.79 Å². The van der Waals surface area contributed by atoms with Crippen molar-refractivity contribution in [3.8, 4) is 11.5 Å². The number of benzene rings is 2. The van der Waals surface area contributed by atoms with Crippen LogP contribution in [0.15, 0.2) is 36.4 Å². The third-order valence-corrected chi connectivity index (χ3v) is 4.21. The van der Waals surface area contributed by atoms with E-state index >= 15 is 0 Å². The van der Waals surface area contributed by atoms with Crippen LogP contribution in [0.4, 0.5) is 0 Å². The van der Waals surface area contributed by atoms with Gasteiger partial charge in [-0.3, -0.25) is 9.59 Å². The smallest absolute Gasteiger partial charge is 0.305 e. The zero-order valence-corrected chi connectivity index (χ0v) is 14.3. The molecule has 6 nitrogen and oxygen atoms in total. The van der Waals surface area contributed by atoms with Crippen molar-refractivity contribution in [2.24, 2.45) is 0 Å². The molecule has 0 aliphatic carbocycles. The number of carbonyl (C=O) groups excluding carboxylic acids is 1. The molecule has 0 saturated carbocycles. The highest BCUT2D eigenvalue weighted by Gasteiger charge is 2.23. The molecule has 0 bridgehead atoms. The van der Waals surface area contributed by atoms with E-state index in [9.17, 15) is 9.59 Å². The van der Waals surface area contributed by atoms with Crippen molar-refractivity contribution < 1.29 is 24.2 Å². The van der Waals surface area contributed by atoms with Gasteiger partial charge in [0.1, 0.15) is 0 Å². The third kappa shape index (κ3) is 3.97. The molecule has 0 aromatic heterocycles. The Hall–Kier alpha value is -2.44. The fourth-order valence-corrected chi connectivity index (χ4v) is 2.96. The number of hydrogen-bond donors (Lipinski definition) is 2. The number of aliphatic carboxylic acids is 1. The Bertz CT molecular complexity index is 840. The number of amides is 1. The molecule has 1 atom stereocenters. The molecule has 0 radical (unpaired) electrons. The number of fused-ring (bicyclic) bond motifs is 1. The van der Waals surface area contributed by atoms with Crippen LogP contribution in [0.25, 0.3) is 0 Å². The molecule has 1 aliphatic heterocycles. The zero-order chi connectivity index (χ0) is 18.0. The maximum absolute atomic E-state index is 12.5. The molecule has 3 rings (SSSR count). The number of hydrogen-bond acceptors (Lipinski definition) is 4. The zero-order valence-electron chi connectivity index (χ0n) is 12.8. The maximum atomic E-state index is 12.5. The van der Waals surface area contributed by atoms with Gasteiger partial charge in [0.25, 0.3) is 5.91 Å². The highest BCUT2D eigenvalue weighted by Crippen LogP contribution is 2.35. The molecule has 1 aliphatic rings. The van der Waals surface area contributed by atoms with E-state index in [-0.39, 0.29) is 23.8 Å². The SMILES string of the molecule is O=C(O)CC(NC(=O)c1ccc(Cl)cc1Cl)c1ccc2c(c1)OCO2. The Morgan fingerprint density at radius 2 is 1.88 bits per heavy atom. The summed E-state index contributed by atoms with van der Waals surface area (Å²) in [4.78, 5) is 23.7. The summed E-state index contributed by atoms with van der Waals surface area (Å²) in [7, 11) is 0. The Balaban J connectivity index is 1.86. The standard InChI is InChI=1S/C17H13Cl2NO5/c18-10-2-3-11(12(19)6-10)17(23)20-13(7-16(21)22)9-1-4-14-15(5-9)25-8-24-14/h1-6,13H,7-8H2,(H,20,23)(H,21,22). The summed E-state index contributed by atoms with van der Waals surface area (Å²) in [6.07, 6.45) is -0.295. The minimum absolute atomic E-state index is 0.106. The molecular weight excluding hydrogens is 369 g/mol. The molecule has 1 heterocycles. The van der Waals surface area contributed by atoms with Gasteiger partial charge in [-0.15, -0.1) is 0 Å². The summed E-state index contributed by atoms with van der Waals surface area (Å²) in [6, 6.07) is 8.72. The molecule has 0 fully saturated rings. The third-order valence-electron chi connectivity index (χ3n) is 3.66. The van der Waals surface area contributed by atoms with Gasteiger partial charge in [0, 0.05) is 5.02 Å². The van der Waals surface area contributed by atoms with E-state index in [1.54, 1.807) is 18.2 Å². The second-order valence-corrected chi connectivity index (χ2v) is 6.20. The van der Waals surface area contributed by atoms with Gasteiger partial charge in [-0.25, -0.2) is 0 Å². The number of nitrogens with one attached hydrogen (secondary N) is 1. The lowest BCUT2D eigenvalue weighted by molar-refractivity contribution is -0.137.